The van der Waals surface area contributed by atoms with E-state index >= 15 is 0 Å². The molecule has 4 rings (SSSR count). The molecule has 4 heteroatoms. The molecule has 1 atom stereocenters. The molecule has 0 bridgehead atoms. The molecule has 146 valence electrons. The van der Waals surface area contributed by atoms with Crippen LogP contribution in [0.3, 0.4) is 0 Å². The van der Waals surface area contributed by atoms with E-state index in [2.05, 4.69) is 67.0 Å². The van der Waals surface area contributed by atoms with Gasteiger partial charge in [-0.2, -0.15) is 5.10 Å². The third kappa shape index (κ3) is 4.39. The molecule has 0 fully saturated rings. The number of para-hydroxylation sites is 1. The van der Waals surface area contributed by atoms with Crippen molar-refractivity contribution in [3.63, 3.8) is 0 Å². The van der Waals surface area contributed by atoms with Crippen LogP contribution in [-0.4, -0.2) is 16.9 Å². The standard InChI is InChI=1S/C25H25N3O/c1-19(20-9-5-3-6-10-20)26-17-22-18-28(23-11-7-4-8-12-23)27-25(22)21-13-15-24(29-2)16-14-21/h3-16,18-19,26H,17H2,1-2H3/t19-/m0/s1. The zero-order valence-electron chi connectivity index (χ0n) is 16.7. The van der Waals surface area contributed by atoms with Gasteiger partial charge in [0.05, 0.1) is 18.5 Å². The summed E-state index contributed by atoms with van der Waals surface area (Å²) in [5, 5.41) is 8.53. The first-order valence-corrected chi connectivity index (χ1v) is 9.81. The van der Waals surface area contributed by atoms with E-state index in [1.165, 1.54) is 5.56 Å². The van der Waals surface area contributed by atoms with Crippen LogP contribution < -0.4 is 10.1 Å². The minimum Gasteiger partial charge on any atom is -0.497 e. The molecule has 29 heavy (non-hydrogen) atoms. The van der Waals surface area contributed by atoms with E-state index in [1.807, 2.05) is 41.1 Å². The van der Waals surface area contributed by atoms with Crippen LogP contribution in [0.5, 0.6) is 5.75 Å². The van der Waals surface area contributed by atoms with Crippen LogP contribution in [0.15, 0.2) is 91.1 Å². The SMILES string of the molecule is COc1ccc(-c2nn(-c3ccccc3)cc2CN[C@@H](C)c2ccccc2)cc1. The minimum atomic E-state index is 0.250. The molecule has 1 N–H and O–H groups in total. The van der Waals surface area contributed by atoms with Crippen molar-refractivity contribution in [1.82, 2.24) is 15.1 Å². The van der Waals surface area contributed by atoms with E-state index in [0.717, 1.165) is 34.8 Å². The second kappa shape index (κ2) is 8.76. The zero-order chi connectivity index (χ0) is 20.1. The molecule has 0 amide bonds. The van der Waals surface area contributed by atoms with Crippen molar-refractivity contribution in [2.45, 2.75) is 19.5 Å². The van der Waals surface area contributed by atoms with Crippen LogP contribution in [0, 0.1) is 0 Å². The van der Waals surface area contributed by atoms with E-state index in [0.29, 0.717) is 0 Å². The molecule has 4 nitrogen and oxygen atoms in total. The van der Waals surface area contributed by atoms with Gasteiger partial charge in [0, 0.05) is 29.9 Å². The number of hydrogen-bond acceptors (Lipinski definition) is 3. The predicted molar refractivity (Wildman–Crippen MR) is 117 cm³/mol. The molecule has 0 radical (unpaired) electrons. The Labute approximate surface area is 171 Å². The summed E-state index contributed by atoms with van der Waals surface area (Å²) in [6, 6.07) is 29.0. The lowest BCUT2D eigenvalue weighted by molar-refractivity contribution is 0.415. The number of ether oxygens (including phenoxy) is 1. The Hall–Kier alpha value is -3.37. The van der Waals surface area contributed by atoms with E-state index in [9.17, 15) is 0 Å². The van der Waals surface area contributed by atoms with Crippen LogP contribution in [-0.2, 0) is 6.54 Å². The van der Waals surface area contributed by atoms with Crippen molar-refractivity contribution in [2.24, 2.45) is 0 Å². The van der Waals surface area contributed by atoms with Crippen LogP contribution in [0.4, 0.5) is 0 Å². The molecule has 0 saturated heterocycles. The fourth-order valence-corrected chi connectivity index (χ4v) is 3.37. The first-order chi connectivity index (χ1) is 14.2. The van der Waals surface area contributed by atoms with Gasteiger partial charge in [-0.15, -0.1) is 0 Å². The third-order valence-corrected chi connectivity index (χ3v) is 5.07. The average Bonchev–Trinajstić information content (AvgIpc) is 3.23. The normalized spacial score (nSPS) is 11.9. The molecule has 0 saturated carbocycles. The van der Waals surface area contributed by atoms with Gasteiger partial charge in [-0.3, -0.25) is 0 Å². The lowest BCUT2D eigenvalue weighted by atomic mass is 10.1. The number of aromatic nitrogens is 2. The van der Waals surface area contributed by atoms with Gasteiger partial charge in [-0.1, -0.05) is 48.5 Å². The number of benzene rings is 3. The molecule has 4 aromatic rings. The van der Waals surface area contributed by atoms with E-state index in [1.54, 1.807) is 7.11 Å². The van der Waals surface area contributed by atoms with Crippen molar-refractivity contribution in [3.8, 4) is 22.7 Å². The van der Waals surface area contributed by atoms with Gasteiger partial charge in [-0.25, -0.2) is 4.68 Å². The number of nitrogens with zero attached hydrogens (tertiary/aromatic N) is 2. The third-order valence-electron chi connectivity index (χ3n) is 5.07. The molecule has 0 aliphatic heterocycles. The van der Waals surface area contributed by atoms with Gasteiger partial charge >= 0.3 is 0 Å². The maximum absolute atomic E-state index is 5.30. The minimum absolute atomic E-state index is 0.250. The summed E-state index contributed by atoms with van der Waals surface area (Å²) in [4.78, 5) is 0. The molecule has 0 unspecified atom stereocenters. The second-order valence-corrected chi connectivity index (χ2v) is 7.02. The zero-order valence-corrected chi connectivity index (χ0v) is 16.7. The smallest absolute Gasteiger partial charge is 0.118 e. The molecule has 1 heterocycles. The second-order valence-electron chi connectivity index (χ2n) is 7.02. The Morgan fingerprint density at radius 3 is 2.21 bits per heavy atom. The van der Waals surface area contributed by atoms with Gasteiger partial charge in [0.25, 0.3) is 0 Å². The summed E-state index contributed by atoms with van der Waals surface area (Å²) >= 11 is 0. The highest BCUT2D eigenvalue weighted by Crippen LogP contribution is 2.26. The number of methoxy groups -OCH3 is 1. The maximum Gasteiger partial charge on any atom is 0.118 e. The van der Waals surface area contributed by atoms with Gasteiger partial charge < -0.3 is 10.1 Å². The molecule has 0 aliphatic rings. The Kier molecular flexibility index (Phi) is 5.73. The molecule has 3 aromatic carbocycles. The number of nitrogens with one attached hydrogen (secondary N) is 1. The van der Waals surface area contributed by atoms with E-state index in [-0.39, 0.29) is 6.04 Å². The Balaban J connectivity index is 1.64. The summed E-state index contributed by atoms with van der Waals surface area (Å²) < 4.78 is 7.25. The molecular weight excluding hydrogens is 358 g/mol. The number of rotatable bonds is 7. The average molecular weight is 383 g/mol. The molecule has 1 aromatic heterocycles. The molecule has 0 spiro atoms. The lowest BCUT2D eigenvalue weighted by Gasteiger charge is -2.14. The first-order valence-electron chi connectivity index (χ1n) is 9.81. The Morgan fingerprint density at radius 2 is 1.55 bits per heavy atom. The quantitative estimate of drug-likeness (QED) is 0.464. The first kappa shape index (κ1) is 19.0. The van der Waals surface area contributed by atoms with Crippen molar-refractivity contribution in [3.05, 3.63) is 102 Å². The number of hydrogen-bond donors (Lipinski definition) is 1. The van der Waals surface area contributed by atoms with Crippen molar-refractivity contribution in [2.75, 3.05) is 7.11 Å². The summed E-state index contributed by atoms with van der Waals surface area (Å²) in [7, 11) is 1.68. The summed E-state index contributed by atoms with van der Waals surface area (Å²) in [6.45, 7) is 2.91. The van der Waals surface area contributed by atoms with Gasteiger partial charge in [0.15, 0.2) is 0 Å². The summed E-state index contributed by atoms with van der Waals surface area (Å²) in [5.74, 6) is 0.841. The van der Waals surface area contributed by atoms with Crippen LogP contribution in [0.1, 0.15) is 24.1 Å². The van der Waals surface area contributed by atoms with E-state index < -0.39 is 0 Å². The highest BCUT2D eigenvalue weighted by Gasteiger charge is 2.14. The van der Waals surface area contributed by atoms with Crippen LogP contribution >= 0.6 is 0 Å². The van der Waals surface area contributed by atoms with Crippen molar-refractivity contribution >= 4 is 0 Å². The Morgan fingerprint density at radius 1 is 0.897 bits per heavy atom. The highest BCUT2D eigenvalue weighted by atomic mass is 16.5. The van der Waals surface area contributed by atoms with Crippen LogP contribution in [0.2, 0.25) is 0 Å². The van der Waals surface area contributed by atoms with Crippen molar-refractivity contribution < 1.29 is 4.74 Å². The van der Waals surface area contributed by atoms with Crippen molar-refractivity contribution in [1.29, 1.82) is 0 Å². The van der Waals surface area contributed by atoms with Gasteiger partial charge in [0.2, 0.25) is 0 Å². The summed E-state index contributed by atoms with van der Waals surface area (Å²) in [6.07, 6.45) is 2.11. The fourth-order valence-electron chi connectivity index (χ4n) is 3.37. The summed E-state index contributed by atoms with van der Waals surface area (Å²) in [5.41, 5.74) is 5.52. The maximum atomic E-state index is 5.30. The largest absolute Gasteiger partial charge is 0.497 e. The van der Waals surface area contributed by atoms with E-state index in [4.69, 9.17) is 9.84 Å². The van der Waals surface area contributed by atoms with Gasteiger partial charge in [-0.05, 0) is 48.9 Å². The van der Waals surface area contributed by atoms with Crippen LogP contribution in [0.25, 0.3) is 16.9 Å². The Bertz CT molecular complexity index is 1040. The lowest BCUT2D eigenvalue weighted by Crippen LogP contribution is -2.18. The monoisotopic (exact) mass is 383 g/mol. The van der Waals surface area contributed by atoms with Gasteiger partial charge in [0.1, 0.15) is 5.75 Å². The highest BCUT2D eigenvalue weighted by molar-refractivity contribution is 5.64. The molecule has 0 aliphatic carbocycles. The fraction of sp³-hybridized carbons (Fsp3) is 0.160. The topological polar surface area (TPSA) is 39.1 Å². The molecular formula is C25H25N3O. The predicted octanol–water partition coefficient (Wildman–Crippen LogP) is 5.40.